The van der Waals surface area contributed by atoms with E-state index < -0.39 is 0 Å². The molecule has 0 heterocycles. The molecule has 0 saturated carbocycles. The number of hydrogen-bond acceptors (Lipinski definition) is 0. The number of allylic oxidation sites excluding steroid dienone is 12. The van der Waals surface area contributed by atoms with Gasteiger partial charge in [0.2, 0.25) is 0 Å². The lowest BCUT2D eigenvalue weighted by Crippen LogP contribution is -2.33. The van der Waals surface area contributed by atoms with Crippen molar-refractivity contribution in [3.63, 3.8) is 0 Å². The van der Waals surface area contributed by atoms with Crippen LogP contribution in [-0.4, -0.2) is 0 Å². The summed E-state index contributed by atoms with van der Waals surface area (Å²) in [7, 11) is 0. The number of benzene rings is 2. The van der Waals surface area contributed by atoms with Gasteiger partial charge in [0, 0.05) is 0 Å². The Kier molecular flexibility index (Phi) is 5.67. The Bertz CT molecular complexity index is 1750. The average Bonchev–Trinajstić information content (AvgIpc) is 2.98. The molecular weight excluding hydrogens is 480 g/mol. The van der Waals surface area contributed by atoms with Gasteiger partial charge in [-0.05, 0) is 147 Å². The highest BCUT2D eigenvalue weighted by atomic mass is 14.4. The second kappa shape index (κ2) is 9.20. The minimum absolute atomic E-state index is 0.321. The van der Waals surface area contributed by atoms with E-state index in [1.165, 1.54) is 72.8 Å². The third-order valence-electron chi connectivity index (χ3n) is 10.9. The molecule has 2 aromatic rings. The quantitative estimate of drug-likeness (QED) is 0.368. The van der Waals surface area contributed by atoms with Crippen molar-refractivity contribution in [3.8, 4) is 0 Å². The molecule has 0 N–H and O–H groups in total. The fourth-order valence-electron chi connectivity index (χ4n) is 8.57. The van der Waals surface area contributed by atoms with Gasteiger partial charge in [0.1, 0.15) is 0 Å². The molecule has 8 rings (SSSR count). The maximum Gasteiger partial charge on any atom is -0.00676 e. The third kappa shape index (κ3) is 4.01. The molecule has 6 aliphatic carbocycles. The highest BCUT2D eigenvalue weighted by Gasteiger charge is 2.32. The monoisotopic (exact) mass is 522 g/mol. The fraction of sp³-hybridized carbons (Fsp3) is 0.400. The molecule has 0 heteroatoms. The predicted molar refractivity (Wildman–Crippen MR) is 171 cm³/mol. The van der Waals surface area contributed by atoms with Crippen LogP contribution in [-0.2, 0) is 0 Å². The van der Waals surface area contributed by atoms with Crippen molar-refractivity contribution < 1.29 is 0 Å². The molecule has 0 spiro atoms. The van der Waals surface area contributed by atoms with Crippen molar-refractivity contribution in [2.75, 3.05) is 0 Å². The highest BCUT2D eigenvalue weighted by Crippen LogP contribution is 2.44. The molecule has 202 valence electrons. The molecular formula is C40H42. The first kappa shape index (κ1) is 24.7. The number of rotatable bonds is 2. The molecule has 0 saturated heterocycles. The summed E-state index contributed by atoms with van der Waals surface area (Å²) in [5.74, 6) is 2.05. The molecule has 0 nitrogen and oxygen atoms in total. The van der Waals surface area contributed by atoms with Crippen molar-refractivity contribution in [1.29, 1.82) is 0 Å². The fourth-order valence-corrected chi connectivity index (χ4v) is 8.57. The van der Waals surface area contributed by atoms with Crippen LogP contribution in [0.15, 0.2) is 88.6 Å². The van der Waals surface area contributed by atoms with Crippen LogP contribution in [0.4, 0.5) is 0 Å². The summed E-state index contributed by atoms with van der Waals surface area (Å²) in [6.07, 6.45) is 30.9. The molecule has 0 radical (unpaired) electrons. The van der Waals surface area contributed by atoms with Crippen molar-refractivity contribution >= 4 is 28.5 Å². The van der Waals surface area contributed by atoms with Crippen LogP contribution in [0.5, 0.6) is 0 Å². The Morgan fingerprint density at radius 1 is 0.800 bits per heavy atom. The largest absolute Gasteiger partial charge is 0.0842 e. The SMILES string of the molecule is CC(C)(C)C1C=c2ccc3ccc(C4=CC5=C(C=C(C6=CC=C7C=CCCC7C6)CC5)CC4)c4c3c2C(CC=4)C1. The second-order valence-electron chi connectivity index (χ2n) is 14.3. The Balaban J connectivity index is 1.17. The normalized spacial score (nSPS) is 27.0. The van der Waals surface area contributed by atoms with Crippen LogP contribution in [0.25, 0.3) is 28.5 Å². The average molecular weight is 523 g/mol. The Hall–Kier alpha value is -3.12. The smallest absolute Gasteiger partial charge is 0.00676 e. The van der Waals surface area contributed by atoms with E-state index in [2.05, 4.69) is 93.6 Å². The van der Waals surface area contributed by atoms with E-state index in [-0.39, 0.29) is 0 Å². The van der Waals surface area contributed by atoms with E-state index in [4.69, 9.17) is 0 Å². The van der Waals surface area contributed by atoms with Crippen molar-refractivity contribution in [2.45, 2.75) is 84.5 Å². The Morgan fingerprint density at radius 3 is 2.45 bits per heavy atom. The van der Waals surface area contributed by atoms with Crippen LogP contribution in [0.2, 0.25) is 0 Å². The summed E-state index contributed by atoms with van der Waals surface area (Å²) in [5, 5.41) is 6.00. The molecule has 0 bridgehead atoms. The molecule has 0 aromatic heterocycles. The third-order valence-corrected chi connectivity index (χ3v) is 10.9. The molecule has 40 heavy (non-hydrogen) atoms. The molecule has 2 aromatic carbocycles. The van der Waals surface area contributed by atoms with E-state index in [0.717, 1.165) is 12.3 Å². The van der Waals surface area contributed by atoms with E-state index >= 15 is 0 Å². The lowest BCUT2D eigenvalue weighted by atomic mass is 9.68. The molecule has 3 unspecified atom stereocenters. The van der Waals surface area contributed by atoms with Gasteiger partial charge >= 0.3 is 0 Å². The van der Waals surface area contributed by atoms with Gasteiger partial charge in [0.05, 0.1) is 0 Å². The number of fused-ring (bicyclic) bond motifs is 1. The van der Waals surface area contributed by atoms with Gasteiger partial charge in [-0.1, -0.05) is 93.6 Å². The lowest BCUT2D eigenvalue weighted by molar-refractivity contribution is 0.274. The Morgan fingerprint density at radius 2 is 1.60 bits per heavy atom. The summed E-state index contributed by atoms with van der Waals surface area (Å²) in [5.41, 5.74) is 13.0. The zero-order chi connectivity index (χ0) is 27.0. The van der Waals surface area contributed by atoms with E-state index in [0.29, 0.717) is 17.3 Å². The molecule has 0 aliphatic heterocycles. The topological polar surface area (TPSA) is 0 Å². The zero-order valence-electron chi connectivity index (χ0n) is 24.5. The van der Waals surface area contributed by atoms with Gasteiger partial charge < -0.3 is 0 Å². The van der Waals surface area contributed by atoms with Gasteiger partial charge in [-0.25, -0.2) is 0 Å². The maximum atomic E-state index is 2.60. The summed E-state index contributed by atoms with van der Waals surface area (Å²) in [4.78, 5) is 0. The van der Waals surface area contributed by atoms with Gasteiger partial charge in [-0.15, -0.1) is 0 Å². The lowest BCUT2D eigenvalue weighted by Gasteiger charge is -2.37. The molecule has 3 atom stereocenters. The molecule has 0 fully saturated rings. The van der Waals surface area contributed by atoms with Gasteiger partial charge in [-0.3, -0.25) is 0 Å². The highest BCUT2D eigenvalue weighted by molar-refractivity contribution is 5.93. The van der Waals surface area contributed by atoms with Crippen molar-refractivity contribution in [1.82, 2.24) is 0 Å². The Labute approximate surface area is 240 Å². The standard InChI is InChI=1S/C40H42/c1-40(2,3)35-23-33-15-9-26-16-18-36(37-19-17-34(24-35)38(33)39(26)37)32-14-13-30-21-29(11-12-31(30)22-32)28-10-8-25-6-4-5-7-27(25)20-28/h4,6,8-10,15-16,18-19,21-23,27,34-35H,5,7,11-14,17,20,24H2,1-3H3. The van der Waals surface area contributed by atoms with Crippen molar-refractivity contribution in [2.24, 2.45) is 17.3 Å². The van der Waals surface area contributed by atoms with Crippen LogP contribution in [0.1, 0.15) is 95.6 Å². The maximum absolute atomic E-state index is 2.60. The summed E-state index contributed by atoms with van der Waals surface area (Å²) in [6, 6.07) is 9.62. The second-order valence-corrected chi connectivity index (χ2v) is 14.3. The summed E-state index contributed by atoms with van der Waals surface area (Å²) < 4.78 is 0. The molecule has 6 aliphatic rings. The van der Waals surface area contributed by atoms with Gasteiger partial charge in [0.15, 0.2) is 0 Å². The van der Waals surface area contributed by atoms with E-state index in [1.54, 1.807) is 44.4 Å². The predicted octanol–water partition coefficient (Wildman–Crippen LogP) is 9.37. The van der Waals surface area contributed by atoms with Gasteiger partial charge in [0.25, 0.3) is 0 Å². The van der Waals surface area contributed by atoms with E-state index in [9.17, 15) is 0 Å². The minimum atomic E-state index is 0.321. The van der Waals surface area contributed by atoms with Crippen LogP contribution in [0.3, 0.4) is 0 Å². The first-order valence-corrected chi connectivity index (χ1v) is 15.9. The van der Waals surface area contributed by atoms with Crippen LogP contribution >= 0.6 is 0 Å². The zero-order valence-corrected chi connectivity index (χ0v) is 24.5. The first-order chi connectivity index (χ1) is 19.4. The van der Waals surface area contributed by atoms with Gasteiger partial charge in [-0.2, -0.15) is 0 Å². The van der Waals surface area contributed by atoms with Crippen LogP contribution in [0, 0.1) is 17.3 Å². The van der Waals surface area contributed by atoms with Crippen molar-refractivity contribution in [3.05, 3.63) is 110 Å². The summed E-state index contributed by atoms with van der Waals surface area (Å²) in [6.45, 7) is 7.22. The summed E-state index contributed by atoms with van der Waals surface area (Å²) >= 11 is 0. The van der Waals surface area contributed by atoms with Crippen LogP contribution < -0.4 is 10.4 Å². The minimum Gasteiger partial charge on any atom is -0.0842 e. The molecule has 0 amide bonds. The van der Waals surface area contributed by atoms with E-state index in [1.807, 2.05) is 0 Å². The first-order valence-electron chi connectivity index (χ1n) is 15.9. The number of hydrogen-bond donors (Lipinski definition) is 0.